The molecule has 0 unspecified atom stereocenters. The molecule has 0 aromatic heterocycles. The van der Waals surface area contributed by atoms with Crippen LogP contribution in [0.1, 0.15) is 19.4 Å². The predicted molar refractivity (Wildman–Crippen MR) is 55.6 cm³/mol. The lowest BCUT2D eigenvalue weighted by atomic mass is 10.2. The van der Waals surface area contributed by atoms with Crippen molar-refractivity contribution in [2.75, 3.05) is 0 Å². The lowest BCUT2D eigenvalue weighted by Crippen LogP contribution is -1.68. The van der Waals surface area contributed by atoms with Crippen molar-refractivity contribution in [3.63, 3.8) is 0 Å². The molecule has 0 aliphatic heterocycles. The highest BCUT2D eigenvalue weighted by Gasteiger charge is 1.84. The summed E-state index contributed by atoms with van der Waals surface area (Å²) in [7, 11) is 0. The highest BCUT2D eigenvalue weighted by Crippen LogP contribution is 2.11. The third-order valence-electron chi connectivity index (χ3n) is 1.08. The van der Waals surface area contributed by atoms with Gasteiger partial charge in [0, 0.05) is 4.47 Å². The molecular weight excluding hydrogens is 200 g/mol. The van der Waals surface area contributed by atoms with Gasteiger partial charge < -0.3 is 0 Å². The molecule has 1 rings (SSSR count). The number of hydrogen-bond acceptors (Lipinski definition) is 0. The van der Waals surface area contributed by atoms with Crippen LogP contribution < -0.4 is 0 Å². The Labute approximate surface area is 77.1 Å². The fourth-order valence-electron chi connectivity index (χ4n) is 0.634. The van der Waals surface area contributed by atoms with Gasteiger partial charge in [-0.1, -0.05) is 54.6 Å². The first-order chi connectivity index (χ1) is 5.33. The van der Waals surface area contributed by atoms with Gasteiger partial charge in [-0.2, -0.15) is 0 Å². The van der Waals surface area contributed by atoms with E-state index in [4.69, 9.17) is 0 Å². The number of hydrogen-bond donors (Lipinski definition) is 0. The van der Waals surface area contributed by atoms with Crippen LogP contribution in [-0.2, 0) is 0 Å². The zero-order valence-corrected chi connectivity index (χ0v) is 8.56. The maximum atomic E-state index is 3.65. The molecule has 11 heavy (non-hydrogen) atoms. The van der Waals surface area contributed by atoms with E-state index in [1.165, 1.54) is 0 Å². The van der Waals surface area contributed by atoms with Crippen LogP contribution in [0.4, 0.5) is 0 Å². The first kappa shape index (κ1) is 10.4. The Balaban J connectivity index is 0.000000461. The van der Waals surface area contributed by atoms with Crippen molar-refractivity contribution in [1.29, 1.82) is 0 Å². The van der Waals surface area contributed by atoms with Crippen molar-refractivity contribution in [3.05, 3.63) is 40.9 Å². The molecule has 0 N–H and O–H groups in total. The Morgan fingerprint density at radius 2 is 2.00 bits per heavy atom. The standard InChI is InChI=1S/C8H7Br.C2H6/c1-2-7-4-3-5-8(9)6-7;1-2/h2-6H,1H2;1-2H3. The second kappa shape index (κ2) is 6.17. The van der Waals surface area contributed by atoms with Crippen LogP contribution in [0.15, 0.2) is 35.3 Å². The van der Waals surface area contributed by atoms with Gasteiger partial charge in [0.05, 0.1) is 0 Å². The van der Waals surface area contributed by atoms with Crippen molar-refractivity contribution in [2.45, 2.75) is 13.8 Å². The van der Waals surface area contributed by atoms with Gasteiger partial charge in [-0.05, 0) is 17.7 Å². The van der Waals surface area contributed by atoms with Crippen LogP contribution in [0.2, 0.25) is 0 Å². The van der Waals surface area contributed by atoms with E-state index in [1.54, 1.807) is 0 Å². The summed E-state index contributed by atoms with van der Waals surface area (Å²) in [6, 6.07) is 8.01. The second-order valence-corrected chi connectivity index (χ2v) is 2.67. The zero-order valence-electron chi connectivity index (χ0n) is 6.97. The second-order valence-electron chi connectivity index (χ2n) is 1.76. The van der Waals surface area contributed by atoms with Crippen LogP contribution in [-0.4, -0.2) is 0 Å². The maximum absolute atomic E-state index is 3.65. The van der Waals surface area contributed by atoms with Gasteiger partial charge in [-0.25, -0.2) is 0 Å². The highest BCUT2D eigenvalue weighted by atomic mass is 79.9. The SMILES string of the molecule is C=Cc1cccc(Br)c1.CC. The fourth-order valence-corrected chi connectivity index (χ4v) is 1.05. The van der Waals surface area contributed by atoms with E-state index >= 15 is 0 Å². The molecule has 0 saturated carbocycles. The molecule has 0 nitrogen and oxygen atoms in total. The van der Waals surface area contributed by atoms with Gasteiger partial charge in [-0.3, -0.25) is 0 Å². The van der Waals surface area contributed by atoms with Gasteiger partial charge in [0.1, 0.15) is 0 Å². The van der Waals surface area contributed by atoms with E-state index in [0.717, 1.165) is 10.0 Å². The molecule has 60 valence electrons. The summed E-state index contributed by atoms with van der Waals surface area (Å²) >= 11 is 3.36. The normalized spacial score (nSPS) is 7.91. The molecule has 0 bridgehead atoms. The monoisotopic (exact) mass is 212 g/mol. The summed E-state index contributed by atoms with van der Waals surface area (Å²) in [5, 5.41) is 0. The molecular formula is C10H13Br. The van der Waals surface area contributed by atoms with E-state index in [-0.39, 0.29) is 0 Å². The summed E-state index contributed by atoms with van der Waals surface area (Å²) in [6.45, 7) is 7.65. The van der Waals surface area contributed by atoms with Crippen LogP contribution in [0.3, 0.4) is 0 Å². The smallest absolute Gasteiger partial charge is 0.0181 e. The van der Waals surface area contributed by atoms with Crippen LogP contribution in [0.5, 0.6) is 0 Å². The molecule has 0 saturated heterocycles. The van der Waals surface area contributed by atoms with E-state index in [2.05, 4.69) is 22.5 Å². The van der Waals surface area contributed by atoms with E-state index < -0.39 is 0 Å². The fraction of sp³-hybridized carbons (Fsp3) is 0.200. The van der Waals surface area contributed by atoms with Crippen LogP contribution in [0, 0.1) is 0 Å². The summed E-state index contributed by atoms with van der Waals surface area (Å²) in [4.78, 5) is 0. The predicted octanol–water partition coefficient (Wildman–Crippen LogP) is 4.12. The van der Waals surface area contributed by atoms with E-state index in [1.807, 2.05) is 44.2 Å². The summed E-state index contributed by atoms with van der Waals surface area (Å²) in [5.74, 6) is 0. The Morgan fingerprint density at radius 1 is 1.36 bits per heavy atom. The Kier molecular flexibility index (Phi) is 5.86. The van der Waals surface area contributed by atoms with Gasteiger partial charge in [0.25, 0.3) is 0 Å². The molecule has 0 aliphatic carbocycles. The molecule has 1 aromatic carbocycles. The molecule has 0 heterocycles. The topological polar surface area (TPSA) is 0 Å². The average molecular weight is 213 g/mol. The van der Waals surface area contributed by atoms with E-state index in [9.17, 15) is 0 Å². The van der Waals surface area contributed by atoms with Crippen molar-refractivity contribution in [2.24, 2.45) is 0 Å². The first-order valence-electron chi connectivity index (χ1n) is 3.71. The highest BCUT2D eigenvalue weighted by molar-refractivity contribution is 9.10. The molecule has 0 fully saturated rings. The first-order valence-corrected chi connectivity index (χ1v) is 4.50. The van der Waals surface area contributed by atoms with Crippen molar-refractivity contribution >= 4 is 22.0 Å². The maximum Gasteiger partial charge on any atom is 0.0181 e. The Hall–Kier alpha value is -0.560. The molecule has 0 amide bonds. The molecule has 0 aliphatic rings. The van der Waals surface area contributed by atoms with Crippen molar-refractivity contribution in [3.8, 4) is 0 Å². The average Bonchev–Trinajstić information content (AvgIpc) is 2.08. The van der Waals surface area contributed by atoms with Gasteiger partial charge in [-0.15, -0.1) is 0 Å². The minimum absolute atomic E-state index is 1.10. The largest absolute Gasteiger partial charge is 0.0985 e. The van der Waals surface area contributed by atoms with Gasteiger partial charge in [0.15, 0.2) is 0 Å². The molecule has 1 aromatic rings. The lowest BCUT2D eigenvalue weighted by Gasteiger charge is -1.90. The zero-order chi connectivity index (χ0) is 8.69. The van der Waals surface area contributed by atoms with Gasteiger partial charge in [0.2, 0.25) is 0 Å². The molecule has 1 heteroatoms. The summed E-state index contributed by atoms with van der Waals surface area (Å²) in [6.07, 6.45) is 1.82. The van der Waals surface area contributed by atoms with Gasteiger partial charge >= 0.3 is 0 Å². The summed E-state index contributed by atoms with van der Waals surface area (Å²) in [5.41, 5.74) is 1.14. The lowest BCUT2D eigenvalue weighted by molar-refractivity contribution is 1.50. The number of halogens is 1. The quantitative estimate of drug-likeness (QED) is 0.658. The molecule has 0 spiro atoms. The van der Waals surface area contributed by atoms with Crippen molar-refractivity contribution < 1.29 is 0 Å². The molecule has 0 radical (unpaired) electrons. The van der Waals surface area contributed by atoms with Crippen LogP contribution in [0.25, 0.3) is 6.08 Å². The molecule has 0 atom stereocenters. The Morgan fingerprint density at radius 3 is 2.36 bits per heavy atom. The van der Waals surface area contributed by atoms with Crippen molar-refractivity contribution in [1.82, 2.24) is 0 Å². The number of benzene rings is 1. The minimum Gasteiger partial charge on any atom is -0.0985 e. The minimum atomic E-state index is 1.10. The number of rotatable bonds is 1. The summed E-state index contributed by atoms with van der Waals surface area (Å²) < 4.78 is 1.10. The van der Waals surface area contributed by atoms with E-state index in [0.29, 0.717) is 0 Å². The third kappa shape index (κ3) is 3.99. The third-order valence-corrected chi connectivity index (χ3v) is 1.58. The van der Waals surface area contributed by atoms with Crippen LogP contribution >= 0.6 is 15.9 Å². The Bertz CT molecular complexity index is 216.